The number of para-hydroxylation sites is 1. The molecule has 0 unspecified atom stereocenters. The molecule has 0 fully saturated rings. The van der Waals surface area contributed by atoms with Gasteiger partial charge in [-0.2, -0.15) is 0 Å². The third-order valence-electron chi connectivity index (χ3n) is 3.23. The highest BCUT2D eigenvalue weighted by molar-refractivity contribution is 7.71. The summed E-state index contributed by atoms with van der Waals surface area (Å²) in [6.45, 7) is 0. The molecule has 2 aromatic carbocycles. The largest absolute Gasteiger partial charge is 0.504 e. The van der Waals surface area contributed by atoms with Crippen molar-refractivity contribution in [3.63, 3.8) is 0 Å². The Hall–Kier alpha value is -2.60. The first-order valence-corrected chi connectivity index (χ1v) is 6.64. The van der Waals surface area contributed by atoms with Crippen molar-refractivity contribution in [2.45, 2.75) is 0 Å². The summed E-state index contributed by atoms with van der Waals surface area (Å²) in [4.78, 5) is 15.6. The van der Waals surface area contributed by atoms with Gasteiger partial charge in [0.15, 0.2) is 16.3 Å². The molecule has 3 rings (SSSR count). The Morgan fingerprint density at radius 3 is 2.71 bits per heavy atom. The number of rotatable bonds is 2. The fraction of sp³-hybridized carbons (Fsp3) is 0.0667. The summed E-state index contributed by atoms with van der Waals surface area (Å²) in [5.41, 5.74) is 0.922. The highest BCUT2D eigenvalue weighted by Gasteiger charge is 2.09. The minimum atomic E-state index is -0.237. The first-order valence-electron chi connectivity index (χ1n) is 6.23. The van der Waals surface area contributed by atoms with E-state index in [0.717, 1.165) is 0 Å². The Bertz CT molecular complexity index is 944. The molecular formula is C15H12N2O3S. The molecule has 0 saturated heterocycles. The molecule has 0 atom stereocenters. The van der Waals surface area contributed by atoms with Gasteiger partial charge in [-0.05, 0) is 36.5 Å². The number of aromatic hydroxyl groups is 1. The smallest absolute Gasteiger partial charge is 0.266 e. The topological polar surface area (TPSA) is 67.2 Å². The first kappa shape index (κ1) is 13.4. The summed E-state index contributed by atoms with van der Waals surface area (Å²) in [5, 5.41) is 10.4. The number of ether oxygens (including phenoxy) is 1. The number of aromatic nitrogens is 2. The lowest BCUT2D eigenvalue weighted by Gasteiger charge is -2.10. The Labute approximate surface area is 125 Å². The fourth-order valence-electron chi connectivity index (χ4n) is 2.21. The van der Waals surface area contributed by atoms with Crippen LogP contribution in [-0.4, -0.2) is 21.8 Å². The number of fused-ring (bicyclic) bond motifs is 1. The molecule has 2 N–H and O–H groups in total. The second-order valence-electron chi connectivity index (χ2n) is 4.47. The maximum Gasteiger partial charge on any atom is 0.266 e. The average molecular weight is 300 g/mol. The van der Waals surface area contributed by atoms with Gasteiger partial charge in [-0.3, -0.25) is 9.36 Å². The molecule has 3 aromatic rings. The van der Waals surface area contributed by atoms with Crippen LogP contribution in [0.15, 0.2) is 47.3 Å². The van der Waals surface area contributed by atoms with Gasteiger partial charge in [0.05, 0.1) is 23.7 Å². The minimum Gasteiger partial charge on any atom is -0.504 e. The fourth-order valence-corrected chi connectivity index (χ4v) is 2.51. The van der Waals surface area contributed by atoms with E-state index in [4.69, 9.17) is 17.0 Å². The summed E-state index contributed by atoms with van der Waals surface area (Å²) in [6, 6.07) is 11.8. The lowest BCUT2D eigenvalue weighted by atomic mass is 10.2. The van der Waals surface area contributed by atoms with Crippen LogP contribution in [0.1, 0.15) is 0 Å². The molecular weight excluding hydrogens is 288 g/mol. The Morgan fingerprint density at radius 1 is 1.24 bits per heavy atom. The first-order chi connectivity index (χ1) is 10.1. The van der Waals surface area contributed by atoms with Crippen LogP contribution >= 0.6 is 12.2 Å². The molecule has 0 aliphatic heterocycles. The van der Waals surface area contributed by atoms with E-state index in [-0.39, 0.29) is 16.1 Å². The summed E-state index contributed by atoms with van der Waals surface area (Å²) in [5.74, 6) is 0.284. The number of aromatic amines is 1. The van der Waals surface area contributed by atoms with Crippen LogP contribution in [0.25, 0.3) is 16.6 Å². The molecule has 0 radical (unpaired) electrons. The third-order valence-corrected chi connectivity index (χ3v) is 3.51. The van der Waals surface area contributed by atoms with Gasteiger partial charge in [0.1, 0.15) is 0 Å². The van der Waals surface area contributed by atoms with E-state index in [1.54, 1.807) is 30.3 Å². The van der Waals surface area contributed by atoms with Gasteiger partial charge in [0.25, 0.3) is 5.56 Å². The number of nitrogens with one attached hydrogen (secondary N) is 1. The quantitative estimate of drug-likeness (QED) is 0.714. The van der Waals surface area contributed by atoms with Gasteiger partial charge in [0.2, 0.25) is 0 Å². The van der Waals surface area contributed by atoms with E-state index in [2.05, 4.69) is 4.98 Å². The predicted octanol–water partition coefficient (Wildman–Crippen LogP) is 2.76. The van der Waals surface area contributed by atoms with Gasteiger partial charge >= 0.3 is 0 Å². The molecule has 0 saturated carbocycles. The minimum absolute atomic E-state index is 0.0514. The van der Waals surface area contributed by atoms with E-state index in [9.17, 15) is 9.90 Å². The monoisotopic (exact) mass is 300 g/mol. The van der Waals surface area contributed by atoms with Crippen LogP contribution in [0.4, 0.5) is 0 Å². The van der Waals surface area contributed by atoms with Crippen molar-refractivity contribution in [3.8, 4) is 17.2 Å². The normalized spacial score (nSPS) is 10.7. The van der Waals surface area contributed by atoms with Crippen LogP contribution in [0.5, 0.6) is 11.5 Å². The van der Waals surface area contributed by atoms with E-state index in [1.165, 1.54) is 17.7 Å². The van der Waals surface area contributed by atoms with E-state index in [0.29, 0.717) is 22.3 Å². The SMILES string of the molecule is COc1ccc(-n2c(=S)[nH]c3ccccc3c2=O)cc1O. The molecule has 5 nitrogen and oxygen atoms in total. The molecule has 106 valence electrons. The molecule has 0 spiro atoms. The molecule has 0 aliphatic carbocycles. The third kappa shape index (κ3) is 2.19. The summed E-state index contributed by atoms with van der Waals surface area (Å²) in [6.07, 6.45) is 0. The van der Waals surface area contributed by atoms with Gasteiger partial charge in [0, 0.05) is 6.07 Å². The molecule has 1 heterocycles. The Morgan fingerprint density at radius 2 is 2.00 bits per heavy atom. The number of hydrogen-bond donors (Lipinski definition) is 2. The Kier molecular flexibility index (Phi) is 3.23. The predicted molar refractivity (Wildman–Crippen MR) is 82.9 cm³/mol. The molecule has 0 aliphatic rings. The molecule has 6 heteroatoms. The number of methoxy groups -OCH3 is 1. The number of phenols is 1. The van der Waals surface area contributed by atoms with Crippen LogP contribution in [0, 0.1) is 4.77 Å². The van der Waals surface area contributed by atoms with E-state index in [1.807, 2.05) is 6.07 Å². The molecule has 1 aromatic heterocycles. The van der Waals surface area contributed by atoms with Gasteiger partial charge in [-0.25, -0.2) is 0 Å². The number of nitrogens with zero attached hydrogens (tertiary/aromatic N) is 1. The van der Waals surface area contributed by atoms with Gasteiger partial charge in [-0.1, -0.05) is 12.1 Å². The van der Waals surface area contributed by atoms with Crippen molar-refractivity contribution < 1.29 is 9.84 Å². The maximum absolute atomic E-state index is 12.6. The summed E-state index contributed by atoms with van der Waals surface area (Å²) in [7, 11) is 1.46. The molecule has 0 amide bonds. The van der Waals surface area contributed by atoms with Crippen LogP contribution in [-0.2, 0) is 0 Å². The van der Waals surface area contributed by atoms with Crippen LogP contribution in [0.2, 0.25) is 0 Å². The number of hydrogen-bond acceptors (Lipinski definition) is 4. The zero-order valence-corrected chi connectivity index (χ0v) is 12.0. The zero-order valence-electron chi connectivity index (χ0n) is 11.2. The maximum atomic E-state index is 12.6. The van der Waals surface area contributed by atoms with E-state index >= 15 is 0 Å². The second-order valence-corrected chi connectivity index (χ2v) is 4.86. The van der Waals surface area contributed by atoms with Crippen molar-refractivity contribution in [2.24, 2.45) is 0 Å². The van der Waals surface area contributed by atoms with Crippen molar-refractivity contribution in [3.05, 3.63) is 57.6 Å². The zero-order chi connectivity index (χ0) is 15.0. The highest BCUT2D eigenvalue weighted by atomic mass is 32.1. The van der Waals surface area contributed by atoms with Crippen LogP contribution < -0.4 is 10.3 Å². The van der Waals surface area contributed by atoms with E-state index < -0.39 is 0 Å². The summed E-state index contributed by atoms with van der Waals surface area (Å²) >= 11 is 5.25. The lowest BCUT2D eigenvalue weighted by molar-refractivity contribution is 0.373. The number of benzene rings is 2. The number of phenolic OH excluding ortho intramolecular Hbond substituents is 1. The van der Waals surface area contributed by atoms with Gasteiger partial charge in [-0.15, -0.1) is 0 Å². The molecule has 21 heavy (non-hydrogen) atoms. The highest BCUT2D eigenvalue weighted by Crippen LogP contribution is 2.27. The number of H-pyrrole nitrogens is 1. The average Bonchev–Trinajstić information content (AvgIpc) is 2.47. The second kappa shape index (κ2) is 5.06. The Balaban J connectivity index is 2.33. The van der Waals surface area contributed by atoms with Crippen molar-refractivity contribution in [1.82, 2.24) is 9.55 Å². The van der Waals surface area contributed by atoms with Crippen molar-refractivity contribution in [2.75, 3.05) is 7.11 Å². The van der Waals surface area contributed by atoms with Crippen LogP contribution in [0.3, 0.4) is 0 Å². The van der Waals surface area contributed by atoms with Gasteiger partial charge < -0.3 is 14.8 Å². The van der Waals surface area contributed by atoms with Crippen molar-refractivity contribution >= 4 is 23.1 Å². The standard InChI is InChI=1S/C15H12N2O3S/c1-20-13-7-6-9(8-12(13)18)17-14(19)10-4-2-3-5-11(10)16-15(17)21/h2-8,18H,1H3,(H,16,21). The summed E-state index contributed by atoms with van der Waals surface area (Å²) < 4.78 is 6.61. The molecule has 0 bridgehead atoms. The van der Waals surface area contributed by atoms with Crippen molar-refractivity contribution in [1.29, 1.82) is 0 Å². The lowest BCUT2D eigenvalue weighted by Crippen LogP contribution is -2.20.